The molecule has 2 N–H and O–H groups in total. The highest BCUT2D eigenvalue weighted by atomic mass is 16.3. The van der Waals surface area contributed by atoms with Crippen molar-refractivity contribution in [3.8, 4) is 0 Å². The summed E-state index contributed by atoms with van der Waals surface area (Å²) >= 11 is 0. The van der Waals surface area contributed by atoms with Crippen LogP contribution in [0.3, 0.4) is 0 Å². The van der Waals surface area contributed by atoms with Crippen LogP contribution < -0.4 is 5.73 Å². The molecule has 4 nitrogen and oxygen atoms in total. The Morgan fingerprint density at radius 2 is 2.17 bits per heavy atom. The van der Waals surface area contributed by atoms with Crippen LogP contribution in [0.4, 0.5) is 0 Å². The molecule has 0 aliphatic carbocycles. The number of aromatic nitrogens is 2. The first kappa shape index (κ1) is 12.9. The minimum atomic E-state index is 0.144. The molecule has 0 radical (unpaired) electrons. The Morgan fingerprint density at radius 3 is 2.72 bits per heavy atom. The highest BCUT2D eigenvalue weighted by Gasteiger charge is 2.21. The SMILES string of the molecule is CC(C)C(CN)c1cncn1C(C)c1ccco1. The van der Waals surface area contributed by atoms with Gasteiger partial charge in [0.05, 0.1) is 18.6 Å². The average Bonchev–Trinajstić information content (AvgIpc) is 3.00. The van der Waals surface area contributed by atoms with Crippen molar-refractivity contribution < 1.29 is 4.42 Å². The number of furan rings is 1. The maximum atomic E-state index is 5.89. The predicted molar refractivity (Wildman–Crippen MR) is 71.4 cm³/mol. The van der Waals surface area contributed by atoms with Crippen molar-refractivity contribution >= 4 is 0 Å². The van der Waals surface area contributed by atoms with Gasteiger partial charge in [-0.3, -0.25) is 0 Å². The lowest BCUT2D eigenvalue weighted by molar-refractivity contribution is 0.416. The monoisotopic (exact) mass is 247 g/mol. The Morgan fingerprint density at radius 1 is 1.39 bits per heavy atom. The molecule has 2 rings (SSSR count). The van der Waals surface area contributed by atoms with E-state index >= 15 is 0 Å². The second kappa shape index (κ2) is 5.40. The molecule has 0 bridgehead atoms. The summed E-state index contributed by atoms with van der Waals surface area (Å²) in [5, 5.41) is 0. The molecule has 0 aliphatic rings. The van der Waals surface area contributed by atoms with Crippen LogP contribution in [0, 0.1) is 5.92 Å². The minimum absolute atomic E-state index is 0.144. The molecular weight excluding hydrogens is 226 g/mol. The fourth-order valence-corrected chi connectivity index (χ4v) is 2.33. The quantitative estimate of drug-likeness (QED) is 0.883. The van der Waals surface area contributed by atoms with E-state index in [1.54, 1.807) is 6.26 Å². The molecule has 4 heteroatoms. The van der Waals surface area contributed by atoms with Gasteiger partial charge in [0.25, 0.3) is 0 Å². The predicted octanol–water partition coefficient (Wildman–Crippen LogP) is 2.78. The average molecular weight is 247 g/mol. The fourth-order valence-electron chi connectivity index (χ4n) is 2.33. The second-order valence-electron chi connectivity index (χ2n) is 5.00. The molecule has 0 spiro atoms. The van der Waals surface area contributed by atoms with Crippen molar-refractivity contribution in [2.24, 2.45) is 11.7 Å². The maximum absolute atomic E-state index is 5.89. The van der Waals surface area contributed by atoms with E-state index in [0.717, 1.165) is 5.76 Å². The van der Waals surface area contributed by atoms with Crippen LogP contribution in [-0.4, -0.2) is 16.1 Å². The van der Waals surface area contributed by atoms with Crippen molar-refractivity contribution in [2.45, 2.75) is 32.7 Å². The van der Waals surface area contributed by atoms with Gasteiger partial charge in [0.2, 0.25) is 0 Å². The van der Waals surface area contributed by atoms with Gasteiger partial charge in [0.15, 0.2) is 0 Å². The van der Waals surface area contributed by atoms with Crippen molar-refractivity contribution in [1.29, 1.82) is 0 Å². The molecule has 0 saturated heterocycles. The van der Waals surface area contributed by atoms with Gasteiger partial charge < -0.3 is 14.7 Å². The van der Waals surface area contributed by atoms with Crippen LogP contribution in [-0.2, 0) is 0 Å². The normalized spacial score (nSPS) is 14.9. The van der Waals surface area contributed by atoms with Gasteiger partial charge in [-0.25, -0.2) is 4.98 Å². The zero-order valence-corrected chi connectivity index (χ0v) is 11.2. The first-order chi connectivity index (χ1) is 8.65. The van der Waals surface area contributed by atoms with Crippen molar-refractivity contribution in [3.63, 3.8) is 0 Å². The van der Waals surface area contributed by atoms with Crippen LogP contribution in [0.2, 0.25) is 0 Å². The van der Waals surface area contributed by atoms with Crippen molar-refractivity contribution in [2.75, 3.05) is 6.54 Å². The number of imidazole rings is 1. The number of nitrogens with two attached hydrogens (primary N) is 1. The summed E-state index contributed by atoms with van der Waals surface area (Å²) in [5.74, 6) is 1.76. The number of hydrogen-bond donors (Lipinski definition) is 1. The Labute approximate surface area is 108 Å². The van der Waals surface area contributed by atoms with Crippen LogP contribution in [0.15, 0.2) is 35.3 Å². The van der Waals surface area contributed by atoms with Crippen molar-refractivity contribution in [3.05, 3.63) is 42.4 Å². The largest absolute Gasteiger partial charge is 0.467 e. The molecule has 0 saturated carbocycles. The maximum Gasteiger partial charge on any atom is 0.126 e. The van der Waals surface area contributed by atoms with Gasteiger partial charge in [-0.15, -0.1) is 0 Å². The van der Waals surface area contributed by atoms with Crippen LogP contribution in [0.1, 0.15) is 44.2 Å². The molecule has 2 atom stereocenters. The molecule has 2 aromatic rings. The zero-order chi connectivity index (χ0) is 13.1. The third-order valence-corrected chi connectivity index (χ3v) is 3.51. The fraction of sp³-hybridized carbons (Fsp3) is 0.500. The summed E-state index contributed by atoms with van der Waals surface area (Å²) in [6.07, 6.45) is 5.47. The van der Waals surface area contributed by atoms with Gasteiger partial charge >= 0.3 is 0 Å². The van der Waals surface area contributed by atoms with Gasteiger partial charge in [-0.2, -0.15) is 0 Å². The molecule has 0 fully saturated rings. The van der Waals surface area contributed by atoms with Gasteiger partial charge in [-0.1, -0.05) is 13.8 Å². The standard InChI is InChI=1S/C14H21N3O/c1-10(2)12(7-15)13-8-16-9-17(13)11(3)14-5-4-6-18-14/h4-6,8-12H,7,15H2,1-3H3. The van der Waals surface area contributed by atoms with Crippen molar-refractivity contribution in [1.82, 2.24) is 9.55 Å². The lowest BCUT2D eigenvalue weighted by Crippen LogP contribution is -2.22. The minimum Gasteiger partial charge on any atom is -0.467 e. The highest BCUT2D eigenvalue weighted by molar-refractivity contribution is 5.14. The summed E-state index contributed by atoms with van der Waals surface area (Å²) in [7, 11) is 0. The Bertz CT molecular complexity index is 473. The highest BCUT2D eigenvalue weighted by Crippen LogP contribution is 2.28. The molecule has 2 aromatic heterocycles. The third kappa shape index (κ3) is 2.34. The molecule has 2 heterocycles. The van der Waals surface area contributed by atoms with E-state index in [1.165, 1.54) is 5.69 Å². The van der Waals surface area contributed by atoms with Gasteiger partial charge in [-0.05, 0) is 25.0 Å². The topological polar surface area (TPSA) is 57.0 Å². The zero-order valence-electron chi connectivity index (χ0n) is 11.2. The number of rotatable bonds is 5. The molecule has 2 unspecified atom stereocenters. The van der Waals surface area contributed by atoms with Gasteiger partial charge in [0.1, 0.15) is 5.76 Å². The number of hydrogen-bond acceptors (Lipinski definition) is 3. The summed E-state index contributed by atoms with van der Waals surface area (Å²) < 4.78 is 7.62. The van der Waals surface area contributed by atoms with E-state index in [0.29, 0.717) is 18.4 Å². The van der Waals surface area contributed by atoms with E-state index in [-0.39, 0.29) is 6.04 Å². The third-order valence-electron chi connectivity index (χ3n) is 3.51. The molecular formula is C14H21N3O. The molecule has 0 aliphatic heterocycles. The van der Waals surface area contributed by atoms with E-state index in [4.69, 9.17) is 10.2 Å². The Kier molecular flexibility index (Phi) is 3.87. The van der Waals surface area contributed by atoms with E-state index in [9.17, 15) is 0 Å². The molecule has 98 valence electrons. The molecule has 18 heavy (non-hydrogen) atoms. The van der Waals surface area contributed by atoms with E-state index in [2.05, 4.69) is 30.3 Å². The molecule has 0 aromatic carbocycles. The summed E-state index contributed by atoms with van der Waals surface area (Å²) in [5.41, 5.74) is 7.07. The first-order valence-electron chi connectivity index (χ1n) is 6.40. The number of nitrogens with zero attached hydrogens (tertiary/aromatic N) is 2. The van der Waals surface area contributed by atoms with Crippen LogP contribution in [0.5, 0.6) is 0 Å². The summed E-state index contributed by atoms with van der Waals surface area (Å²) in [6.45, 7) is 7.12. The summed E-state index contributed by atoms with van der Waals surface area (Å²) in [4.78, 5) is 4.27. The van der Waals surface area contributed by atoms with E-state index < -0.39 is 0 Å². The van der Waals surface area contributed by atoms with Crippen LogP contribution >= 0.6 is 0 Å². The van der Waals surface area contributed by atoms with Gasteiger partial charge in [0, 0.05) is 24.4 Å². The Hall–Kier alpha value is -1.55. The first-order valence-corrected chi connectivity index (χ1v) is 6.40. The van der Waals surface area contributed by atoms with Crippen LogP contribution in [0.25, 0.3) is 0 Å². The Balaban J connectivity index is 2.32. The van der Waals surface area contributed by atoms with E-state index in [1.807, 2.05) is 24.7 Å². The smallest absolute Gasteiger partial charge is 0.126 e. The summed E-state index contributed by atoms with van der Waals surface area (Å²) in [6, 6.07) is 4.04. The second-order valence-corrected chi connectivity index (χ2v) is 5.00. The molecule has 0 amide bonds. The lowest BCUT2D eigenvalue weighted by Gasteiger charge is -2.23. The lowest BCUT2D eigenvalue weighted by atomic mass is 9.92.